The number of nitrogens with zero attached hydrogens (tertiary/aromatic N) is 5. The van der Waals surface area contributed by atoms with Gasteiger partial charge in [-0.2, -0.15) is 5.10 Å². The minimum absolute atomic E-state index is 0.332. The maximum atomic E-state index is 6.09. The number of rotatable bonds is 5. The molecule has 0 amide bonds. The largest absolute Gasteiger partial charge is 0.496 e. The number of benzene rings is 2. The molecule has 1 N–H and O–H groups in total. The van der Waals surface area contributed by atoms with Crippen molar-refractivity contribution in [1.82, 2.24) is 29.8 Å². The second kappa shape index (κ2) is 7.31. The molecular weight excluding hydrogens is 404 g/mol. The first-order valence-corrected chi connectivity index (χ1v) is 9.61. The van der Waals surface area contributed by atoms with Gasteiger partial charge < -0.3 is 9.47 Å². The van der Waals surface area contributed by atoms with Crippen LogP contribution in [0.1, 0.15) is 11.1 Å². The van der Waals surface area contributed by atoms with Crippen molar-refractivity contribution in [3.8, 4) is 22.9 Å². The van der Waals surface area contributed by atoms with Crippen LogP contribution in [0, 0.1) is 6.92 Å². The fourth-order valence-electron chi connectivity index (χ4n) is 3.26. The molecule has 3 heterocycles. The molecule has 8 nitrogen and oxygen atoms in total. The van der Waals surface area contributed by atoms with Crippen molar-refractivity contribution in [2.45, 2.75) is 13.5 Å². The number of nitrogens with one attached hydrogen (secondary N) is 1. The van der Waals surface area contributed by atoms with Gasteiger partial charge in [0.25, 0.3) is 0 Å². The molecule has 9 heteroatoms. The molecule has 0 aliphatic rings. The second-order valence-electron chi connectivity index (χ2n) is 6.81. The van der Waals surface area contributed by atoms with E-state index in [9.17, 15) is 0 Å². The smallest absolute Gasteiger partial charge is 0.182 e. The third-order valence-corrected chi connectivity index (χ3v) is 5.27. The van der Waals surface area contributed by atoms with Crippen LogP contribution in [0.4, 0.5) is 0 Å². The minimum Gasteiger partial charge on any atom is -0.496 e. The van der Waals surface area contributed by atoms with E-state index in [4.69, 9.17) is 21.1 Å². The summed E-state index contributed by atoms with van der Waals surface area (Å²) in [7, 11) is 1.63. The Morgan fingerprint density at radius 3 is 2.90 bits per heavy atom. The number of methoxy groups -OCH3 is 1. The van der Waals surface area contributed by atoms with Crippen LogP contribution in [-0.4, -0.2) is 36.9 Å². The molecule has 0 fully saturated rings. The van der Waals surface area contributed by atoms with Gasteiger partial charge >= 0.3 is 0 Å². The molecule has 2 aromatic carbocycles. The van der Waals surface area contributed by atoms with E-state index in [1.807, 2.05) is 43.3 Å². The van der Waals surface area contributed by atoms with Gasteiger partial charge in [-0.3, -0.25) is 5.10 Å². The normalized spacial score (nSPS) is 11.3. The Morgan fingerprint density at radius 1 is 1.17 bits per heavy atom. The third-order valence-electron chi connectivity index (χ3n) is 4.85. The highest BCUT2D eigenvalue weighted by atomic mass is 35.5. The van der Waals surface area contributed by atoms with Crippen molar-refractivity contribution < 1.29 is 9.47 Å². The minimum atomic E-state index is 0.332. The van der Waals surface area contributed by atoms with Crippen LogP contribution in [0.15, 0.2) is 48.9 Å². The summed E-state index contributed by atoms with van der Waals surface area (Å²) in [5.41, 5.74) is 4.05. The highest BCUT2D eigenvalue weighted by Crippen LogP contribution is 2.28. The number of halogens is 1. The van der Waals surface area contributed by atoms with Crippen molar-refractivity contribution >= 4 is 28.3 Å². The molecule has 0 saturated carbocycles. The lowest BCUT2D eigenvalue weighted by molar-refractivity contribution is 0.296. The summed E-state index contributed by atoms with van der Waals surface area (Å²) in [6.45, 7) is 2.27. The topological polar surface area (TPSA) is 90.2 Å². The molecule has 0 spiro atoms. The van der Waals surface area contributed by atoms with E-state index in [2.05, 4.69) is 25.3 Å². The Morgan fingerprint density at radius 2 is 2.07 bits per heavy atom. The molecule has 0 aliphatic carbocycles. The van der Waals surface area contributed by atoms with Crippen LogP contribution in [0.25, 0.3) is 28.1 Å². The molecular formula is C21H17ClN6O2. The Bertz CT molecular complexity index is 1380. The molecule has 0 saturated heterocycles. The van der Waals surface area contributed by atoms with Gasteiger partial charge in [-0.1, -0.05) is 11.6 Å². The molecule has 0 unspecified atom stereocenters. The molecule has 3 aromatic heterocycles. The molecule has 5 rings (SSSR count). The van der Waals surface area contributed by atoms with E-state index < -0.39 is 0 Å². The average Bonchev–Trinajstić information content (AvgIpc) is 3.40. The van der Waals surface area contributed by atoms with E-state index >= 15 is 0 Å². The summed E-state index contributed by atoms with van der Waals surface area (Å²) in [6.07, 6.45) is 3.31. The first-order chi connectivity index (χ1) is 14.6. The number of fused-ring (bicyclic) bond motifs is 3. The lowest BCUT2D eigenvalue weighted by atomic mass is 10.1. The van der Waals surface area contributed by atoms with Crippen molar-refractivity contribution in [3.63, 3.8) is 0 Å². The predicted molar refractivity (Wildman–Crippen MR) is 113 cm³/mol. The van der Waals surface area contributed by atoms with Gasteiger partial charge in [-0.05, 0) is 48.9 Å². The van der Waals surface area contributed by atoms with E-state index in [1.165, 1.54) is 0 Å². The number of ether oxygens (including phenoxy) is 2. The lowest BCUT2D eigenvalue weighted by Crippen LogP contribution is -2.00. The predicted octanol–water partition coefficient (Wildman–Crippen LogP) is 4.22. The third kappa shape index (κ3) is 3.21. The van der Waals surface area contributed by atoms with Gasteiger partial charge in [-0.15, -0.1) is 5.10 Å². The van der Waals surface area contributed by atoms with Gasteiger partial charge in [0.15, 0.2) is 17.1 Å². The monoisotopic (exact) mass is 420 g/mol. The van der Waals surface area contributed by atoms with Gasteiger partial charge in [0.1, 0.15) is 24.4 Å². The van der Waals surface area contributed by atoms with E-state index in [0.29, 0.717) is 28.7 Å². The molecule has 0 aliphatic heterocycles. The summed E-state index contributed by atoms with van der Waals surface area (Å²) in [4.78, 5) is 8.97. The summed E-state index contributed by atoms with van der Waals surface area (Å²) in [6, 6.07) is 11.4. The van der Waals surface area contributed by atoms with Crippen molar-refractivity contribution in [2.75, 3.05) is 7.11 Å². The fourth-order valence-corrected chi connectivity index (χ4v) is 3.38. The summed E-state index contributed by atoms with van der Waals surface area (Å²) >= 11 is 6.09. The van der Waals surface area contributed by atoms with Gasteiger partial charge in [0.05, 0.1) is 18.7 Å². The zero-order chi connectivity index (χ0) is 20.7. The van der Waals surface area contributed by atoms with Crippen LogP contribution in [0.5, 0.6) is 11.5 Å². The van der Waals surface area contributed by atoms with Crippen molar-refractivity contribution in [3.05, 3.63) is 65.1 Å². The quantitative estimate of drug-likeness (QED) is 0.458. The van der Waals surface area contributed by atoms with Crippen LogP contribution >= 0.6 is 11.6 Å². The lowest BCUT2D eigenvalue weighted by Gasteiger charge is -2.12. The van der Waals surface area contributed by atoms with E-state index in [1.54, 1.807) is 24.1 Å². The van der Waals surface area contributed by atoms with Gasteiger partial charge in [0, 0.05) is 16.1 Å². The average molecular weight is 421 g/mol. The number of aryl methyl sites for hydroxylation is 1. The highest BCUT2D eigenvalue weighted by molar-refractivity contribution is 6.31. The van der Waals surface area contributed by atoms with E-state index in [-0.39, 0.29) is 0 Å². The van der Waals surface area contributed by atoms with E-state index in [0.717, 1.165) is 33.6 Å². The van der Waals surface area contributed by atoms with Gasteiger partial charge in [-0.25, -0.2) is 14.5 Å². The molecule has 150 valence electrons. The van der Waals surface area contributed by atoms with Gasteiger partial charge in [0.2, 0.25) is 0 Å². The zero-order valence-electron chi connectivity index (χ0n) is 16.3. The fraction of sp³-hybridized carbons (Fsp3) is 0.143. The summed E-state index contributed by atoms with van der Waals surface area (Å²) in [5.74, 6) is 2.05. The number of hydrogen-bond donors (Lipinski definition) is 1. The SMILES string of the molecule is COc1ccc(-c2nc3c4cn[nH]c4ncn3n2)cc1COc1ccc(Cl)c(C)c1. The highest BCUT2D eigenvalue weighted by Gasteiger charge is 2.14. The zero-order valence-corrected chi connectivity index (χ0v) is 17.0. The molecule has 0 atom stereocenters. The maximum Gasteiger partial charge on any atom is 0.182 e. The second-order valence-corrected chi connectivity index (χ2v) is 7.21. The Balaban J connectivity index is 1.49. The standard InChI is InChI=1S/C21H17ClN6O2/c1-12-7-15(4-5-17(12)22)30-10-14-8-13(3-6-18(14)29-2)19-25-21-16-9-24-26-20(16)23-11-28(21)27-19/h3-9,11H,10H2,1-2H3,(H,24,26). The first kappa shape index (κ1) is 18.4. The number of aromatic nitrogens is 6. The van der Waals surface area contributed by atoms with Crippen LogP contribution < -0.4 is 9.47 Å². The molecule has 0 bridgehead atoms. The molecule has 0 radical (unpaired) electrons. The van der Waals surface area contributed by atoms with Crippen LogP contribution in [0.2, 0.25) is 5.02 Å². The Labute approximate surface area is 176 Å². The number of H-pyrrole nitrogens is 1. The molecule has 5 aromatic rings. The van der Waals surface area contributed by atoms with Crippen molar-refractivity contribution in [1.29, 1.82) is 0 Å². The van der Waals surface area contributed by atoms with Crippen LogP contribution in [0.3, 0.4) is 0 Å². The first-order valence-electron chi connectivity index (χ1n) is 9.23. The number of hydrogen-bond acceptors (Lipinski definition) is 6. The maximum absolute atomic E-state index is 6.09. The van der Waals surface area contributed by atoms with Crippen molar-refractivity contribution in [2.24, 2.45) is 0 Å². The summed E-state index contributed by atoms with van der Waals surface area (Å²) < 4.78 is 13.1. The Hall–Kier alpha value is -3.65. The Kier molecular flexibility index (Phi) is 4.48. The van der Waals surface area contributed by atoms with Crippen LogP contribution in [-0.2, 0) is 6.61 Å². The number of aromatic amines is 1. The molecule has 30 heavy (non-hydrogen) atoms. The summed E-state index contributed by atoms with van der Waals surface area (Å²) in [5, 5.41) is 12.9.